The maximum absolute atomic E-state index is 12.2. The van der Waals surface area contributed by atoms with Crippen LogP contribution < -0.4 is 11.1 Å². The van der Waals surface area contributed by atoms with Gasteiger partial charge in [0.2, 0.25) is 0 Å². The highest BCUT2D eigenvalue weighted by Crippen LogP contribution is 2.18. The van der Waals surface area contributed by atoms with E-state index in [4.69, 9.17) is 5.73 Å². The lowest BCUT2D eigenvalue weighted by atomic mass is 10.1. The molecular formula is C16H24BrN3O. The van der Waals surface area contributed by atoms with Crippen molar-refractivity contribution in [3.63, 3.8) is 0 Å². The van der Waals surface area contributed by atoms with E-state index in [0.29, 0.717) is 23.7 Å². The van der Waals surface area contributed by atoms with Crippen LogP contribution >= 0.6 is 15.9 Å². The summed E-state index contributed by atoms with van der Waals surface area (Å²) >= 11 is 3.37. The number of halogens is 1. The summed E-state index contributed by atoms with van der Waals surface area (Å²) in [5.74, 6) is 0.347. The van der Waals surface area contributed by atoms with Gasteiger partial charge in [-0.3, -0.25) is 4.79 Å². The molecule has 1 aromatic rings. The number of hydrogen-bond donors (Lipinski definition) is 2. The second-order valence-corrected chi connectivity index (χ2v) is 6.82. The molecule has 1 saturated heterocycles. The van der Waals surface area contributed by atoms with Crippen LogP contribution in [0.5, 0.6) is 0 Å². The Morgan fingerprint density at radius 2 is 2.10 bits per heavy atom. The Morgan fingerprint density at radius 3 is 2.81 bits per heavy atom. The fraction of sp³-hybridized carbons (Fsp3) is 0.562. The molecule has 0 spiro atoms. The molecule has 1 heterocycles. The molecule has 1 aliphatic heterocycles. The number of benzene rings is 1. The smallest absolute Gasteiger partial charge is 0.253 e. The van der Waals surface area contributed by atoms with Gasteiger partial charge in [-0.1, -0.05) is 29.3 Å². The molecule has 1 fully saturated rings. The Morgan fingerprint density at radius 1 is 1.38 bits per heavy atom. The second-order valence-electron chi connectivity index (χ2n) is 5.91. The summed E-state index contributed by atoms with van der Waals surface area (Å²) in [6.45, 7) is 6.29. The van der Waals surface area contributed by atoms with Gasteiger partial charge in [0.05, 0.1) is 5.56 Å². The van der Waals surface area contributed by atoms with Crippen molar-refractivity contribution in [1.29, 1.82) is 0 Å². The van der Waals surface area contributed by atoms with Crippen molar-refractivity contribution in [2.75, 3.05) is 31.9 Å². The number of hydrogen-bond acceptors (Lipinski definition) is 3. The summed E-state index contributed by atoms with van der Waals surface area (Å²) in [4.78, 5) is 14.7. The van der Waals surface area contributed by atoms with E-state index in [0.717, 1.165) is 11.0 Å². The fourth-order valence-electron chi connectivity index (χ4n) is 2.73. The number of rotatable bonds is 5. The number of nitrogens with two attached hydrogens (primary N) is 1. The number of amides is 1. The van der Waals surface area contributed by atoms with Crippen LogP contribution in [0.3, 0.4) is 0 Å². The fourth-order valence-corrected chi connectivity index (χ4v) is 3.10. The predicted octanol–water partition coefficient (Wildman–Crippen LogP) is 2.88. The van der Waals surface area contributed by atoms with Crippen molar-refractivity contribution in [2.45, 2.75) is 26.2 Å². The Labute approximate surface area is 135 Å². The summed E-state index contributed by atoms with van der Waals surface area (Å²) in [5, 5.41) is 2.99. The van der Waals surface area contributed by atoms with Gasteiger partial charge in [0, 0.05) is 23.2 Å². The summed E-state index contributed by atoms with van der Waals surface area (Å²) in [5.41, 5.74) is 6.91. The van der Waals surface area contributed by atoms with Crippen molar-refractivity contribution in [3.8, 4) is 0 Å². The number of likely N-dealkylation sites (tertiary alicyclic amines) is 1. The third kappa shape index (κ3) is 5.00. The monoisotopic (exact) mass is 353 g/mol. The Kier molecular flexibility index (Phi) is 6.06. The molecule has 0 aromatic heterocycles. The standard InChI is InChI=1S/C16H24BrN3O/c1-12(11-20-7-3-2-4-8-20)10-19-16(21)14-9-13(17)5-6-15(14)18/h5-6,9,12H,2-4,7-8,10-11,18H2,1H3,(H,19,21). The lowest BCUT2D eigenvalue weighted by Gasteiger charge is -2.29. The molecular weight excluding hydrogens is 330 g/mol. The highest BCUT2D eigenvalue weighted by molar-refractivity contribution is 9.10. The van der Waals surface area contributed by atoms with Gasteiger partial charge in [0.1, 0.15) is 0 Å². The third-order valence-electron chi connectivity index (χ3n) is 3.89. The zero-order chi connectivity index (χ0) is 15.2. The summed E-state index contributed by atoms with van der Waals surface area (Å²) in [6, 6.07) is 5.35. The van der Waals surface area contributed by atoms with E-state index in [1.807, 2.05) is 6.07 Å². The van der Waals surface area contributed by atoms with Gasteiger partial charge in [-0.15, -0.1) is 0 Å². The molecule has 116 valence electrons. The van der Waals surface area contributed by atoms with Crippen molar-refractivity contribution in [2.24, 2.45) is 5.92 Å². The van der Waals surface area contributed by atoms with Crippen LogP contribution in [-0.2, 0) is 0 Å². The molecule has 1 aromatic carbocycles. The average Bonchev–Trinajstić information content (AvgIpc) is 2.48. The van der Waals surface area contributed by atoms with Gasteiger partial charge in [-0.25, -0.2) is 0 Å². The van der Waals surface area contributed by atoms with Gasteiger partial charge in [-0.2, -0.15) is 0 Å². The number of carbonyl (C=O) groups is 1. The molecule has 1 aliphatic rings. The molecule has 4 nitrogen and oxygen atoms in total. The van der Waals surface area contributed by atoms with E-state index < -0.39 is 0 Å². The van der Waals surface area contributed by atoms with Crippen LogP contribution in [0.15, 0.2) is 22.7 Å². The Balaban J connectivity index is 1.81. The number of piperidine rings is 1. The molecule has 1 unspecified atom stereocenters. The van der Waals surface area contributed by atoms with Gasteiger partial charge < -0.3 is 16.0 Å². The highest BCUT2D eigenvalue weighted by Gasteiger charge is 2.15. The van der Waals surface area contributed by atoms with Crippen molar-refractivity contribution < 1.29 is 4.79 Å². The second kappa shape index (κ2) is 7.80. The number of nitrogens with zero attached hydrogens (tertiary/aromatic N) is 1. The lowest BCUT2D eigenvalue weighted by Crippen LogP contribution is -2.38. The van der Waals surface area contributed by atoms with Crippen LogP contribution in [0.2, 0.25) is 0 Å². The highest BCUT2D eigenvalue weighted by atomic mass is 79.9. The number of anilines is 1. The first-order chi connectivity index (χ1) is 10.1. The van der Waals surface area contributed by atoms with E-state index >= 15 is 0 Å². The Bertz CT molecular complexity index is 486. The Hall–Kier alpha value is -1.07. The van der Waals surface area contributed by atoms with E-state index in [-0.39, 0.29) is 5.91 Å². The van der Waals surface area contributed by atoms with E-state index in [1.165, 1.54) is 32.4 Å². The zero-order valence-electron chi connectivity index (χ0n) is 12.6. The predicted molar refractivity (Wildman–Crippen MR) is 90.3 cm³/mol. The van der Waals surface area contributed by atoms with Crippen molar-refractivity contribution in [3.05, 3.63) is 28.2 Å². The third-order valence-corrected chi connectivity index (χ3v) is 4.38. The van der Waals surface area contributed by atoms with Crippen molar-refractivity contribution >= 4 is 27.5 Å². The van der Waals surface area contributed by atoms with Gasteiger partial charge in [-0.05, 0) is 50.0 Å². The maximum atomic E-state index is 12.2. The first kappa shape index (κ1) is 16.3. The van der Waals surface area contributed by atoms with Crippen LogP contribution in [0.4, 0.5) is 5.69 Å². The maximum Gasteiger partial charge on any atom is 0.253 e. The van der Waals surface area contributed by atoms with Gasteiger partial charge in [0.25, 0.3) is 5.91 Å². The van der Waals surface area contributed by atoms with E-state index in [2.05, 4.69) is 33.1 Å². The molecule has 21 heavy (non-hydrogen) atoms. The molecule has 0 bridgehead atoms. The first-order valence-electron chi connectivity index (χ1n) is 7.62. The molecule has 3 N–H and O–H groups in total. The summed E-state index contributed by atoms with van der Waals surface area (Å²) < 4.78 is 0.864. The van der Waals surface area contributed by atoms with E-state index in [1.54, 1.807) is 12.1 Å². The minimum Gasteiger partial charge on any atom is -0.398 e. The van der Waals surface area contributed by atoms with Crippen LogP contribution in [0.25, 0.3) is 0 Å². The molecule has 0 radical (unpaired) electrons. The topological polar surface area (TPSA) is 58.4 Å². The normalized spacial score (nSPS) is 17.4. The van der Waals surface area contributed by atoms with Crippen LogP contribution in [0, 0.1) is 5.92 Å². The molecule has 2 rings (SSSR count). The van der Waals surface area contributed by atoms with Crippen LogP contribution in [0.1, 0.15) is 36.5 Å². The van der Waals surface area contributed by atoms with Gasteiger partial charge in [0.15, 0.2) is 0 Å². The first-order valence-corrected chi connectivity index (χ1v) is 8.41. The molecule has 1 amide bonds. The number of nitrogens with one attached hydrogen (secondary N) is 1. The minimum atomic E-state index is -0.0979. The molecule has 0 aliphatic carbocycles. The SMILES string of the molecule is CC(CNC(=O)c1cc(Br)ccc1N)CN1CCCCC1. The minimum absolute atomic E-state index is 0.0979. The van der Waals surface area contributed by atoms with E-state index in [9.17, 15) is 4.79 Å². The summed E-state index contributed by atoms with van der Waals surface area (Å²) in [6.07, 6.45) is 3.95. The largest absolute Gasteiger partial charge is 0.398 e. The van der Waals surface area contributed by atoms with Gasteiger partial charge >= 0.3 is 0 Å². The quantitative estimate of drug-likeness (QED) is 0.800. The zero-order valence-corrected chi connectivity index (χ0v) is 14.2. The van der Waals surface area contributed by atoms with Crippen molar-refractivity contribution in [1.82, 2.24) is 10.2 Å². The lowest BCUT2D eigenvalue weighted by molar-refractivity contribution is 0.0943. The molecule has 0 saturated carbocycles. The van der Waals surface area contributed by atoms with Crippen LogP contribution in [-0.4, -0.2) is 37.0 Å². The molecule has 5 heteroatoms. The summed E-state index contributed by atoms with van der Waals surface area (Å²) in [7, 11) is 0. The number of carbonyl (C=O) groups excluding carboxylic acids is 1. The number of nitrogen functional groups attached to an aromatic ring is 1. The molecule has 1 atom stereocenters. The average molecular weight is 354 g/mol.